The van der Waals surface area contributed by atoms with Crippen molar-refractivity contribution in [2.75, 3.05) is 7.11 Å². The zero-order valence-corrected chi connectivity index (χ0v) is 11.2. The van der Waals surface area contributed by atoms with Crippen LogP contribution in [-0.2, 0) is 0 Å². The Morgan fingerprint density at radius 1 is 1.25 bits per heavy atom. The number of hydrogen-bond acceptors (Lipinski definition) is 4. The van der Waals surface area contributed by atoms with Crippen molar-refractivity contribution < 1.29 is 9.84 Å². The number of aliphatic imine (C=N–C) groups is 1. The summed E-state index contributed by atoms with van der Waals surface area (Å²) in [7, 11) is 1.46. The van der Waals surface area contributed by atoms with Crippen LogP contribution in [0.15, 0.2) is 47.5 Å². The van der Waals surface area contributed by atoms with Crippen molar-refractivity contribution in [2.24, 2.45) is 4.99 Å². The Morgan fingerprint density at radius 3 is 2.55 bits per heavy atom. The lowest BCUT2D eigenvalue weighted by Crippen LogP contribution is -2.18. The molecular weight excluding hydrogens is 254 g/mol. The molecule has 0 aliphatic carbocycles. The number of methoxy groups -OCH3 is 1. The van der Waals surface area contributed by atoms with Crippen LogP contribution in [0.2, 0.25) is 0 Å². The van der Waals surface area contributed by atoms with E-state index in [2.05, 4.69) is 9.97 Å². The average molecular weight is 267 g/mol. The second-order valence-corrected chi connectivity index (χ2v) is 4.19. The third-order valence-electron chi connectivity index (χ3n) is 2.85. The largest absolute Gasteiger partial charge is 0.858 e. The van der Waals surface area contributed by atoms with Crippen LogP contribution >= 0.6 is 0 Å². The lowest BCUT2D eigenvalue weighted by Gasteiger charge is -2.11. The van der Waals surface area contributed by atoms with Gasteiger partial charge in [0.15, 0.2) is 4.98 Å². The zero-order chi connectivity index (χ0) is 14.5. The number of aryl methyl sites for hydroxylation is 1. The Bertz CT molecular complexity index is 688. The highest BCUT2D eigenvalue weighted by Gasteiger charge is 2.17. The Morgan fingerprint density at radius 2 is 1.95 bits per heavy atom. The van der Waals surface area contributed by atoms with Crippen molar-refractivity contribution in [3.63, 3.8) is 0 Å². The SMILES string of the molecule is COc1cc(N=C([O-])c2ccccc2)c(C)cc1[N+]#N. The first kappa shape index (κ1) is 13.6. The van der Waals surface area contributed by atoms with Crippen LogP contribution in [-0.4, -0.2) is 13.0 Å². The fourth-order valence-electron chi connectivity index (χ4n) is 1.78. The maximum Gasteiger partial charge on any atom is 0.426 e. The molecule has 0 unspecified atom stereocenters. The van der Waals surface area contributed by atoms with Crippen LogP contribution in [0.4, 0.5) is 11.4 Å². The van der Waals surface area contributed by atoms with Crippen LogP contribution in [0.25, 0.3) is 4.98 Å². The van der Waals surface area contributed by atoms with Gasteiger partial charge in [-0.1, -0.05) is 30.3 Å². The van der Waals surface area contributed by atoms with Crippen LogP contribution in [0.5, 0.6) is 5.75 Å². The summed E-state index contributed by atoms with van der Waals surface area (Å²) in [4.78, 5) is 7.20. The molecule has 0 fully saturated rings. The maximum atomic E-state index is 12.0. The summed E-state index contributed by atoms with van der Waals surface area (Å²) in [6.45, 7) is 1.78. The third kappa shape index (κ3) is 2.75. The highest BCUT2D eigenvalue weighted by Crippen LogP contribution is 2.34. The molecule has 0 saturated carbocycles. The van der Waals surface area contributed by atoms with E-state index in [1.807, 2.05) is 6.07 Å². The first-order valence-electron chi connectivity index (χ1n) is 6.00. The van der Waals surface area contributed by atoms with Crippen molar-refractivity contribution in [3.05, 3.63) is 58.6 Å². The normalized spacial score (nSPS) is 10.9. The molecule has 0 bridgehead atoms. The van der Waals surface area contributed by atoms with E-state index in [9.17, 15) is 5.11 Å². The summed E-state index contributed by atoms with van der Waals surface area (Å²) in [6.07, 6.45) is 0. The fourth-order valence-corrected chi connectivity index (χ4v) is 1.78. The van der Waals surface area contributed by atoms with Crippen LogP contribution in [0, 0.1) is 12.3 Å². The number of benzene rings is 2. The summed E-state index contributed by atoms with van der Waals surface area (Å²) in [5, 5.41) is 20.9. The topological polar surface area (TPSA) is 72.8 Å². The Kier molecular flexibility index (Phi) is 3.96. The van der Waals surface area contributed by atoms with Gasteiger partial charge in [-0.15, -0.1) is 0 Å². The number of rotatable bonds is 3. The molecule has 0 N–H and O–H groups in total. The van der Waals surface area contributed by atoms with E-state index in [0.29, 0.717) is 22.7 Å². The highest BCUT2D eigenvalue weighted by molar-refractivity contribution is 5.92. The van der Waals surface area contributed by atoms with Crippen molar-refractivity contribution >= 4 is 17.3 Å². The van der Waals surface area contributed by atoms with Gasteiger partial charge in [0.25, 0.3) is 0 Å². The molecule has 0 aliphatic heterocycles. The van der Waals surface area contributed by atoms with Crippen molar-refractivity contribution in [2.45, 2.75) is 6.92 Å². The van der Waals surface area contributed by atoms with Gasteiger partial charge >= 0.3 is 5.69 Å². The molecule has 0 spiro atoms. The lowest BCUT2D eigenvalue weighted by molar-refractivity contribution is -0.212. The first-order valence-corrected chi connectivity index (χ1v) is 6.00. The molecule has 5 heteroatoms. The molecule has 0 aromatic heterocycles. The van der Waals surface area contributed by atoms with Gasteiger partial charge in [0, 0.05) is 12.1 Å². The molecule has 0 saturated heterocycles. The molecule has 2 rings (SSSR count). The summed E-state index contributed by atoms with van der Waals surface area (Å²) < 4.78 is 5.09. The van der Waals surface area contributed by atoms with E-state index < -0.39 is 0 Å². The van der Waals surface area contributed by atoms with Gasteiger partial charge in [-0.2, -0.15) is 0 Å². The summed E-state index contributed by atoms with van der Waals surface area (Å²) in [5.41, 5.74) is 2.03. The number of hydrogen-bond donors (Lipinski definition) is 0. The Labute approximate surface area is 116 Å². The van der Waals surface area contributed by atoms with Gasteiger partial charge in [0.05, 0.1) is 12.8 Å². The van der Waals surface area contributed by atoms with Gasteiger partial charge in [-0.3, -0.25) is 4.99 Å². The van der Waals surface area contributed by atoms with Crippen molar-refractivity contribution in [1.29, 1.82) is 5.39 Å². The lowest BCUT2D eigenvalue weighted by atomic mass is 10.1. The second-order valence-electron chi connectivity index (χ2n) is 4.19. The first-order chi connectivity index (χ1) is 9.65. The van der Waals surface area contributed by atoms with Gasteiger partial charge in [0.1, 0.15) is 0 Å². The van der Waals surface area contributed by atoms with Crippen LogP contribution in [0.1, 0.15) is 11.1 Å². The molecule has 2 aromatic carbocycles. The highest BCUT2D eigenvalue weighted by atomic mass is 16.5. The predicted octanol–water partition coefficient (Wildman–Crippen LogP) is 2.93. The van der Waals surface area contributed by atoms with Gasteiger partial charge in [-0.25, -0.2) is 0 Å². The quantitative estimate of drug-likeness (QED) is 0.487. The number of diazo groups is 1. The van der Waals surface area contributed by atoms with Crippen LogP contribution < -0.4 is 9.84 Å². The Balaban J connectivity index is 2.46. The van der Waals surface area contributed by atoms with Gasteiger partial charge in [0.2, 0.25) is 11.1 Å². The molecule has 0 heterocycles. The minimum absolute atomic E-state index is 0.302. The maximum absolute atomic E-state index is 12.0. The van der Waals surface area contributed by atoms with E-state index >= 15 is 0 Å². The van der Waals surface area contributed by atoms with E-state index in [0.717, 1.165) is 5.56 Å². The summed E-state index contributed by atoms with van der Waals surface area (Å²) in [6, 6.07) is 12.0. The molecule has 0 atom stereocenters. The third-order valence-corrected chi connectivity index (χ3v) is 2.85. The van der Waals surface area contributed by atoms with Crippen molar-refractivity contribution in [3.8, 4) is 5.75 Å². The van der Waals surface area contributed by atoms with E-state index in [1.54, 1.807) is 43.3 Å². The number of ether oxygens (including phenoxy) is 1. The smallest absolute Gasteiger partial charge is 0.426 e. The Hall–Kier alpha value is -2.87. The molecule has 5 nitrogen and oxygen atoms in total. The van der Waals surface area contributed by atoms with Crippen molar-refractivity contribution in [1.82, 2.24) is 0 Å². The van der Waals surface area contributed by atoms with E-state index in [1.165, 1.54) is 7.11 Å². The molecule has 2 aromatic rings. The zero-order valence-electron chi connectivity index (χ0n) is 11.2. The minimum Gasteiger partial charge on any atom is -0.858 e. The fraction of sp³-hybridized carbons (Fsp3) is 0.133. The number of nitrogens with zero attached hydrogens (tertiary/aromatic N) is 3. The molecule has 20 heavy (non-hydrogen) atoms. The van der Waals surface area contributed by atoms with E-state index in [-0.39, 0.29) is 5.90 Å². The average Bonchev–Trinajstić information content (AvgIpc) is 2.49. The monoisotopic (exact) mass is 267 g/mol. The summed E-state index contributed by atoms with van der Waals surface area (Å²) in [5.74, 6) is 0.0298. The standard InChI is InChI=1S/C15H13N3O2/c1-10-8-13(18-16)14(20-2)9-12(10)17-15(19)11-6-4-3-5-7-11/h3-9H,1-2H3. The predicted molar refractivity (Wildman–Crippen MR) is 75.1 cm³/mol. The summed E-state index contributed by atoms with van der Waals surface area (Å²) >= 11 is 0. The molecule has 0 amide bonds. The molecule has 0 radical (unpaired) electrons. The molecule has 100 valence electrons. The molecule has 0 aliphatic rings. The van der Waals surface area contributed by atoms with E-state index in [4.69, 9.17) is 10.1 Å². The minimum atomic E-state index is -0.329. The molecular formula is C15H13N3O2. The second kappa shape index (κ2) is 5.85. The van der Waals surface area contributed by atoms with Crippen LogP contribution in [0.3, 0.4) is 0 Å². The van der Waals surface area contributed by atoms with Gasteiger partial charge < -0.3 is 9.84 Å². The van der Waals surface area contributed by atoms with Gasteiger partial charge in [-0.05, 0) is 23.9 Å².